The molecule has 1 aliphatic carbocycles. The second kappa shape index (κ2) is 3.35. The van der Waals surface area contributed by atoms with E-state index in [-0.39, 0.29) is 6.10 Å². The molecule has 1 rings (SSSR count). The van der Waals surface area contributed by atoms with Crippen molar-refractivity contribution in [2.45, 2.75) is 38.3 Å². The van der Waals surface area contributed by atoms with Gasteiger partial charge < -0.3 is 10.0 Å². The Kier molecular flexibility index (Phi) is 2.69. The smallest absolute Gasteiger partial charge is 0.0695 e. The zero-order valence-corrected chi connectivity index (χ0v) is 6.88. The zero-order valence-electron chi connectivity index (χ0n) is 6.88. The summed E-state index contributed by atoms with van der Waals surface area (Å²) in [5.74, 6) is 0. The van der Waals surface area contributed by atoms with Gasteiger partial charge in [0.1, 0.15) is 0 Å². The first-order chi connectivity index (χ1) is 4.75. The topological polar surface area (TPSA) is 23.5 Å². The van der Waals surface area contributed by atoms with Gasteiger partial charge in [-0.25, -0.2) is 0 Å². The molecule has 2 atom stereocenters. The van der Waals surface area contributed by atoms with E-state index in [1.54, 1.807) is 0 Å². The van der Waals surface area contributed by atoms with Crippen LogP contribution in [0.5, 0.6) is 0 Å². The van der Waals surface area contributed by atoms with Gasteiger partial charge in [0.25, 0.3) is 0 Å². The minimum atomic E-state index is -0.0649. The second-order valence-electron chi connectivity index (χ2n) is 3.14. The maximum absolute atomic E-state index is 9.45. The third-order valence-corrected chi connectivity index (χ3v) is 2.51. The van der Waals surface area contributed by atoms with Gasteiger partial charge in [-0.15, -0.1) is 0 Å². The van der Waals surface area contributed by atoms with Crippen LogP contribution in [0, 0.1) is 0 Å². The van der Waals surface area contributed by atoms with Crippen molar-refractivity contribution >= 4 is 0 Å². The van der Waals surface area contributed by atoms with Crippen molar-refractivity contribution in [3.63, 3.8) is 0 Å². The highest BCUT2D eigenvalue weighted by molar-refractivity contribution is 4.82. The second-order valence-corrected chi connectivity index (χ2v) is 3.14. The molecule has 0 spiro atoms. The van der Waals surface area contributed by atoms with E-state index >= 15 is 0 Å². The van der Waals surface area contributed by atoms with Crippen molar-refractivity contribution in [3.8, 4) is 0 Å². The normalized spacial score (nSPS) is 33.6. The first-order valence-corrected chi connectivity index (χ1v) is 4.14. The monoisotopic (exact) mass is 143 g/mol. The predicted octanol–water partition coefficient (Wildman–Crippen LogP) is 0.852. The fourth-order valence-corrected chi connectivity index (χ4v) is 1.67. The molecule has 0 unspecified atom stereocenters. The third kappa shape index (κ3) is 1.50. The molecule has 0 bridgehead atoms. The predicted molar refractivity (Wildman–Crippen MR) is 41.9 cm³/mol. The van der Waals surface area contributed by atoms with Crippen molar-refractivity contribution in [2.75, 3.05) is 13.6 Å². The van der Waals surface area contributed by atoms with Crippen LogP contribution >= 0.6 is 0 Å². The van der Waals surface area contributed by atoms with Crippen LogP contribution < -0.4 is 0 Å². The first kappa shape index (κ1) is 8.02. The molecular weight excluding hydrogens is 126 g/mol. The van der Waals surface area contributed by atoms with Crippen LogP contribution in [0.25, 0.3) is 0 Å². The number of aliphatic hydroxyl groups is 1. The van der Waals surface area contributed by atoms with Gasteiger partial charge in [-0.3, -0.25) is 0 Å². The summed E-state index contributed by atoms with van der Waals surface area (Å²) in [6.45, 7) is 3.17. The van der Waals surface area contributed by atoms with Crippen LogP contribution in [0.15, 0.2) is 0 Å². The highest BCUT2D eigenvalue weighted by Gasteiger charge is 2.27. The lowest BCUT2D eigenvalue weighted by molar-refractivity contribution is 0.0894. The Morgan fingerprint density at radius 1 is 1.50 bits per heavy atom. The molecule has 1 aliphatic rings. The summed E-state index contributed by atoms with van der Waals surface area (Å²) >= 11 is 0. The Hall–Kier alpha value is -0.0800. The summed E-state index contributed by atoms with van der Waals surface area (Å²) in [6.07, 6.45) is 3.29. The molecule has 1 fully saturated rings. The summed E-state index contributed by atoms with van der Waals surface area (Å²) in [5, 5.41) is 9.45. The molecule has 0 heterocycles. The van der Waals surface area contributed by atoms with Crippen molar-refractivity contribution in [3.05, 3.63) is 0 Å². The molecule has 0 aromatic carbocycles. The van der Waals surface area contributed by atoms with Crippen LogP contribution in [0.3, 0.4) is 0 Å². The zero-order chi connectivity index (χ0) is 7.56. The molecule has 1 saturated carbocycles. The molecule has 0 radical (unpaired) electrons. The van der Waals surface area contributed by atoms with Gasteiger partial charge in [0, 0.05) is 6.04 Å². The molecule has 10 heavy (non-hydrogen) atoms. The van der Waals surface area contributed by atoms with Gasteiger partial charge in [0.05, 0.1) is 6.10 Å². The van der Waals surface area contributed by atoms with Gasteiger partial charge in [-0.05, 0) is 32.9 Å². The molecule has 2 heteroatoms. The summed E-state index contributed by atoms with van der Waals surface area (Å²) in [4.78, 5) is 2.23. The van der Waals surface area contributed by atoms with E-state index in [1.165, 1.54) is 12.8 Å². The number of nitrogens with zero attached hydrogens (tertiary/aromatic N) is 1. The lowest BCUT2D eigenvalue weighted by Crippen LogP contribution is -2.37. The number of hydrogen-bond acceptors (Lipinski definition) is 2. The highest BCUT2D eigenvalue weighted by atomic mass is 16.3. The molecule has 0 aliphatic heterocycles. The summed E-state index contributed by atoms with van der Waals surface area (Å²) in [6, 6.07) is 0.435. The van der Waals surface area contributed by atoms with Crippen LogP contribution in [-0.4, -0.2) is 35.7 Å². The number of hydrogen-bond donors (Lipinski definition) is 1. The molecular formula is C8H17NO. The lowest BCUT2D eigenvalue weighted by atomic mass is 10.2. The molecule has 0 aromatic rings. The maximum Gasteiger partial charge on any atom is 0.0695 e. The van der Waals surface area contributed by atoms with E-state index in [0.717, 1.165) is 13.0 Å². The van der Waals surface area contributed by atoms with Crippen molar-refractivity contribution < 1.29 is 5.11 Å². The van der Waals surface area contributed by atoms with Crippen LogP contribution in [-0.2, 0) is 0 Å². The van der Waals surface area contributed by atoms with Gasteiger partial charge in [0.2, 0.25) is 0 Å². The number of aliphatic hydroxyl groups excluding tert-OH is 1. The minimum Gasteiger partial charge on any atom is -0.391 e. The van der Waals surface area contributed by atoms with E-state index in [0.29, 0.717) is 6.04 Å². The summed E-state index contributed by atoms with van der Waals surface area (Å²) in [7, 11) is 2.08. The lowest BCUT2D eigenvalue weighted by Gasteiger charge is -2.25. The molecule has 0 saturated heterocycles. The molecule has 0 aromatic heterocycles. The van der Waals surface area contributed by atoms with E-state index in [9.17, 15) is 5.11 Å². The summed E-state index contributed by atoms with van der Waals surface area (Å²) < 4.78 is 0. The Bertz CT molecular complexity index is 105. The van der Waals surface area contributed by atoms with Crippen molar-refractivity contribution in [2.24, 2.45) is 0 Å². The highest BCUT2D eigenvalue weighted by Crippen LogP contribution is 2.22. The average molecular weight is 143 g/mol. The molecule has 1 N–H and O–H groups in total. The van der Waals surface area contributed by atoms with Crippen molar-refractivity contribution in [1.82, 2.24) is 4.90 Å². The quantitative estimate of drug-likeness (QED) is 0.619. The van der Waals surface area contributed by atoms with Gasteiger partial charge >= 0.3 is 0 Å². The van der Waals surface area contributed by atoms with E-state index in [4.69, 9.17) is 0 Å². The summed E-state index contributed by atoms with van der Waals surface area (Å²) in [5.41, 5.74) is 0. The van der Waals surface area contributed by atoms with Gasteiger partial charge in [-0.2, -0.15) is 0 Å². The fraction of sp³-hybridized carbons (Fsp3) is 1.00. The Morgan fingerprint density at radius 3 is 2.60 bits per heavy atom. The van der Waals surface area contributed by atoms with Crippen LogP contribution in [0.4, 0.5) is 0 Å². The molecule has 60 valence electrons. The minimum absolute atomic E-state index is 0.0649. The van der Waals surface area contributed by atoms with E-state index in [2.05, 4.69) is 18.9 Å². The van der Waals surface area contributed by atoms with Crippen molar-refractivity contribution in [1.29, 1.82) is 0 Å². The average Bonchev–Trinajstić information content (AvgIpc) is 2.34. The first-order valence-electron chi connectivity index (χ1n) is 4.14. The third-order valence-electron chi connectivity index (χ3n) is 2.51. The SMILES string of the molecule is CCN(C)[C@H]1CCC[C@@H]1O. The maximum atomic E-state index is 9.45. The Balaban J connectivity index is 2.38. The Labute approximate surface area is 62.8 Å². The fourth-order valence-electron chi connectivity index (χ4n) is 1.67. The van der Waals surface area contributed by atoms with Gasteiger partial charge in [0.15, 0.2) is 0 Å². The Morgan fingerprint density at radius 2 is 2.20 bits per heavy atom. The molecule has 2 nitrogen and oxygen atoms in total. The molecule has 0 amide bonds. The van der Waals surface area contributed by atoms with E-state index < -0.39 is 0 Å². The van der Waals surface area contributed by atoms with Gasteiger partial charge in [-0.1, -0.05) is 6.92 Å². The largest absolute Gasteiger partial charge is 0.391 e. The standard InChI is InChI=1S/C8H17NO/c1-3-9(2)7-5-4-6-8(7)10/h7-8,10H,3-6H2,1-2H3/t7-,8-/m0/s1. The van der Waals surface area contributed by atoms with Crippen LogP contribution in [0.2, 0.25) is 0 Å². The number of rotatable bonds is 2. The number of likely N-dealkylation sites (N-methyl/N-ethyl adjacent to an activating group) is 1. The van der Waals surface area contributed by atoms with Crippen LogP contribution in [0.1, 0.15) is 26.2 Å². The van der Waals surface area contributed by atoms with E-state index in [1.807, 2.05) is 0 Å².